The van der Waals surface area contributed by atoms with Crippen molar-refractivity contribution in [1.82, 2.24) is 24.8 Å². The summed E-state index contributed by atoms with van der Waals surface area (Å²) in [4.78, 5) is 3.50. The van der Waals surface area contributed by atoms with Gasteiger partial charge in [-0.25, -0.2) is 9.37 Å². The van der Waals surface area contributed by atoms with E-state index < -0.39 is 11.8 Å². The number of hydrogen-bond acceptors (Lipinski definition) is 5. The Morgan fingerprint density at radius 2 is 1.79 bits per heavy atom. The molecule has 0 amide bonds. The van der Waals surface area contributed by atoms with E-state index in [0.29, 0.717) is 5.65 Å². The lowest BCUT2D eigenvalue weighted by atomic mass is 10.2. The smallest absolute Gasteiger partial charge is 0.255 e. The first kappa shape index (κ1) is 14.2. The van der Waals surface area contributed by atoms with E-state index in [2.05, 4.69) is 20.3 Å². The van der Waals surface area contributed by atoms with Gasteiger partial charge in [0, 0.05) is 12.3 Å². The molecule has 0 saturated heterocycles. The molecule has 1 aromatic carbocycles. The molecule has 0 aliphatic carbocycles. The second kappa shape index (κ2) is 5.65. The largest absolute Gasteiger partial charge is 0.433 e. The summed E-state index contributed by atoms with van der Waals surface area (Å²) in [6.07, 6.45) is 1.31. The Labute approximate surface area is 134 Å². The van der Waals surface area contributed by atoms with Crippen LogP contribution in [0.3, 0.4) is 0 Å². The predicted octanol–water partition coefficient (Wildman–Crippen LogP) is 3.26. The van der Waals surface area contributed by atoms with Gasteiger partial charge in [-0.2, -0.15) is 8.91 Å². The number of benzene rings is 1. The Balaban J connectivity index is 1.79. The molecule has 3 heterocycles. The topological polar surface area (TPSA) is 65.2 Å². The minimum absolute atomic E-state index is 0.0649. The molecule has 4 aromatic rings. The highest BCUT2D eigenvalue weighted by molar-refractivity contribution is 5.59. The maximum Gasteiger partial charge on any atom is 0.255 e. The highest BCUT2D eigenvalue weighted by Crippen LogP contribution is 2.24. The molecule has 0 saturated carbocycles. The third-order valence-electron chi connectivity index (χ3n) is 3.29. The fourth-order valence-corrected chi connectivity index (χ4v) is 2.20. The Kier molecular flexibility index (Phi) is 3.34. The first-order valence-corrected chi connectivity index (χ1v) is 6.98. The highest BCUT2D eigenvalue weighted by atomic mass is 19.1. The van der Waals surface area contributed by atoms with Crippen LogP contribution in [-0.2, 0) is 0 Å². The van der Waals surface area contributed by atoms with E-state index in [1.807, 2.05) is 0 Å². The van der Waals surface area contributed by atoms with Crippen LogP contribution in [0.2, 0.25) is 0 Å². The maximum atomic E-state index is 14.0. The molecule has 6 nitrogen and oxygen atoms in total. The summed E-state index contributed by atoms with van der Waals surface area (Å²) in [5.41, 5.74) is 0.662. The van der Waals surface area contributed by atoms with Crippen LogP contribution in [-0.4, -0.2) is 24.8 Å². The zero-order valence-electron chi connectivity index (χ0n) is 12.1. The van der Waals surface area contributed by atoms with E-state index >= 15 is 0 Å². The van der Waals surface area contributed by atoms with Gasteiger partial charge in [-0.3, -0.25) is 0 Å². The van der Waals surface area contributed by atoms with Crippen molar-refractivity contribution in [3.63, 3.8) is 0 Å². The number of hydrogen-bond donors (Lipinski definition) is 0. The van der Waals surface area contributed by atoms with Crippen molar-refractivity contribution in [3.05, 3.63) is 66.5 Å². The number of halogens is 2. The molecular weight excluding hydrogens is 316 g/mol. The molecule has 8 heteroatoms. The van der Waals surface area contributed by atoms with E-state index in [0.717, 1.165) is 0 Å². The zero-order chi connectivity index (χ0) is 16.5. The van der Waals surface area contributed by atoms with Crippen molar-refractivity contribution in [2.45, 2.75) is 0 Å². The van der Waals surface area contributed by atoms with Gasteiger partial charge in [0.15, 0.2) is 17.2 Å². The molecular formula is C16H9F2N5O. The minimum atomic E-state index is -0.752. The standard InChI is InChI=1S/C16H9F2N5O/c17-11-5-2-1-4-10(11)16-21-20-13-7-8-14(22-23(13)16)24-12-6-3-9-19-15(12)18/h1-9H. The first-order chi connectivity index (χ1) is 11.7. The minimum Gasteiger partial charge on any atom is -0.433 e. The summed E-state index contributed by atoms with van der Waals surface area (Å²) in [5.74, 6) is -0.937. The van der Waals surface area contributed by atoms with Crippen molar-refractivity contribution in [2.24, 2.45) is 0 Å². The lowest BCUT2D eigenvalue weighted by Crippen LogP contribution is -2.00. The van der Waals surface area contributed by atoms with Gasteiger partial charge in [-0.1, -0.05) is 12.1 Å². The normalized spacial score (nSPS) is 10.9. The summed E-state index contributed by atoms with van der Waals surface area (Å²) < 4.78 is 34.3. The number of rotatable bonds is 3. The van der Waals surface area contributed by atoms with Gasteiger partial charge < -0.3 is 4.74 Å². The van der Waals surface area contributed by atoms with Crippen molar-refractivity contribution in [2.75, 3.05) is 0 Å². The zero-order valence-corrected chi connectivity index (χ0v) is 12.1. The molecule has 0 radical (unpaired) electrons. The maximum absolute atomic E-state index is 14.0. The molecule has 24 heavy (non-hydrogen) atoms. The predicted molar refractivity (Wildman–Crippen MR) is 80.4 cm³/mol. The highest BCUT2D eigenvalue weighted by Gasteiger charge is 2.14. The Hall–Kier alpha value is -3.42. The molecule has 118 valence electrons. The molecule has 0 N–H and O–H groups in total. The van der Waals surface area contributed by atoms with Gasteiger partial charge in [-0.05, 0) is 30.3 Å². The molecule has 0 aliphatic heterocycles. The molecule has 3 aromatic heterocycles. The average molecular weight is 325 g/mol. The van der Waals surface area contributed by atoms with Crippen LogP contribution in [0.15, 0.2) is 54.7 Å². The monoisotopic (exact) mass is 325 g/mol. The van der Waals surface area contributed by atoms with Crippen LogP contribution in [0.4, 0.5) is 8.78 Å². The number of nitrogens with zero attached hydrogens (tertiary/aromatic N) is 5. The van der Waals surface area contributed by atoms with Crippen molar-refractivity contribution >= 4 is 5.65 Å². The van der Waals surface area contributed by atoms with Crippen molar-refractivity contribution in [3.8, 4) is 23.0 Å². The van der Waals surface area contributed by atoms with Gasteiger partial charge >= 0.3 is 0 Å². The Morgan fingerprint density at radius 3 is 2.62 bits per heavy atom. The Morgan fingerprint density at radius 1 is 0.917 bits per heavy atom. The van der Waals surface area contributed by atoms with Crippen LogP contribution >= 0.6 is 0 Å². The number of ether oxygens (including phenoxy) is 1. The summed E-state index contributed by atoms with van der Waals surface area (Å²) >= 11 is 0. The lowest BCUT2D eigenvalue weighted by molar-refractivity contribution is 0.409. The lowest BCUT2D eigenvalue weighted by Gasteiger charge is -2.06. The Bertz CT molecular complexity index is 1030. The van der Waals surface area contributed by atoms with E-state index in [1.165, 1.54) is 28.9 Å². The van der Waals surface area contributed by atoms with Crippen LogP contribution in [0.5, 0.6) is 11.6 Å². The van der Waals surface area contributed by atoms with Gasteiger partial charge in [0.2, 0.25) is 5.88 Å². The van der Waals surface area contributed by atoms with Gasteiger partial charge in [0.25, 0.3) is 5.95 Å². The summed E-state index contributed by atoms with van der Waals surface area (Å²) in [6.45, 7) is 0. The summed E-state index contributed by atoms with van der Waals surface area (Å²) in [7, 11) is 0. The summed E-state index contributed by atoms with van der Waals surface area (Å²) in [6, 6.07) is 12.2. The van der Waals surface area contributed by atoms with Crippen molar-refractivity contribution in [1.29, 1.82) is 0 Å². The van der Waals surface area contributed by atoms with E-state index in [9.17, 15) is 8.78 Å². The fraction of sp³-hybridized carbons (Fsp3) is 0. The number of fused-ring (bicyclic) bond motifs is 1. The van der Waals surface area contributed by atoms with Crippen molar-refractivity contribution < 1.29 is 13.5 Å². The number of pyridine rings is 1. The fourth-order valence-electron chi connectivity index (χ4n) is 2.20. The molecule has 0 aliphatic rings. The van der Waals surface area contributed by atoms with E-state index in [4.69, 9.17) is 4.74 Å². The van der Waals surface area contributed by atoms with E-state index in [1.54, 1.807) is 30.3 Å². The first-order valence-electron chi connectivity index (χ1n) is 6.98. The van der Waals surface area contributed by atoms with Gasteiger partial charge in [0.05, 0.1) is 5.56 Å². The third kappa shape index (κ3) is 2.43. The van der Waals surface area contributed by atoms with Crippen LogP contribution in [0.1, 0.15) is 0 Å². The van der Waals surface area contributed by atoms with Crippen LogP contribution in [0, 0.1) is 11.8 Å². The molecule has 0 fully saturated rings. The van der Waals surface area contributed by atoms with Gasteiger partial charge in [-0.15, -0.1) is 15.3 Å². The second-order valence-corrected chi connectivity index (χ2v) is 4.84. The molecule has 0 bridgehead atoms. The molecule has 0 atom stereocenters. The van der Waals surface area contributed by atoms with Crippen LogP contribution < -0.4 is 4.74 Å². The molecule has 4 rings (SSSR count). The van der Waals surface area contributed by atoms with Gasteiger partial charge in [0.1, 0.15) is 5.82 Å². The van der Waals surface area contributed by atoms with Crippen LogP contribution in [0.25, 0.3) is 17.0 Å². The SMILES string of the molecule is Fc1ccccc1-c1nnc2ccc(Oc3cccnc3F)nn12. The second-order valence-electron chi connectivity index (χ2n) is 4.84. The molecule has 0 unspecified atom stereocenters. The van der Waals surface area contributed by atoms with E-state index in [-0.39, 0.29) is 23.0 Å². The average Bonchev–Trinajstić information content (AvgIpc) is 3.00. The number of aromatic nitrogens is 5. The quantitative estimate of drug-likeness (QED) is 0.541. The molecule has 0 spiro atoms. The summed E-state index contributed by atoms with van der Waals surface area (Å²) in [5, 5.41) is 12.1. The third-order valence-corrected chi connectivity index (χ3v) is 3.29.